The molecule has 1 saturated carbocycles. The van der Waals surface area contributed by atoms with E-state index in [1.807, 2.05) is 0 Å². The van der Waals surface area contributed by atoms with E-state index in [1.165, 1.54) is 7.11 Å². The summed E-state index contributed by atoms with van der Waals surface area (Å²) in [6.07, 6.45) is 4.71. The monoisotopic (exact) mass is 300 g/mol. The first kappa shape index (κ1) is 15.4. The van der Waals surface area contributed by atoms with E-state index in [0.717, 1.165) is 32.1 Å². The highest BCUT2D eigenvalue weighted by molar-refractivity contribution is 6.32. The molecule has 1 aliphatic carbocycles. The number of hydrogen-bond donors (Lipinski definition) is 2. The fourth-order valence-electron chi connectivity index (χ4n) is 2.57. The van der Waals surface area contributed by atoms with Crippen LogP contribution in [0.2, 0.25) is 5.02 Å². The molecule has 0 unspecified atom stereocenters. The maximum atomic E-state index is 10.4. The molecule has 0 amide bonds. The fourth-order valence-corrected chi connectivity index (χ4v) is 2.85. The molecule has 4 nitrogen and oxygen atoms in total. The van der Waals surface area contributed by atoms with Gasteiger partial charge in [-0.15, -0.1) is 0 Å². The molecular weight excluding hydrogens is 280 g/mol. The van der Waals surface area contributed by atoms with Crippen LogP contribution in [0.3, 0.4) is 0 Å². The van der Waals surface area contributed by atoms with E-state index in [2.05, 4.69) is 0 Å². The predicted octanol–water partition coefficient (Wildman–Crippen LogP) is 2.91. The number of ether oxygens (including phenoxy) is 2. The number of hydrogen-bond acceptors (Lipinski definition) is 4. The summed E-state index contributed by atoms with van der Waals surface area (Å²) in [4.78, 5) is 0. The zero-order valence-electron chi connectivity index (χ0n) is 11.7. The minimum atomic E-state index is -0.776. The third kappa shape index (κ3) is 3.57. The second kappa shape index (κ2) is 6.66. The van der Waals surface area contributed by atoms with Gasteiger partial charge in [-0.2, -0.15) is 0 Å². The van der Waals surface area contributed by atoms with Crippen molar-refractivity contribution in [1.82, 2.24) is 0 Å². The first-order chi connectivity index (χ1) is 9.58. The molecule has 2 N–H and O–H groups in total. The maximum absolute atomic E-state index is 10.4. The summed E-state index contributed by atoms with van der Waals surface area (Å²) in [7, 11) is 1.52. The van der Waals surface area contributed by atoms with Crippen molar-refractivity contribution < 1.29 is 19.7 Å². The maximum Gasteiger partial charge on any atom is 0.179 e. The molecule has 20 heavy (non-hydrogen) atoms. The average Bonchev–Trinajstić information content (AvgIpc) is 2.46. The highest BCUT2D eigenvalue weighted by Gasteiger charge is 2.30. The number of aliphatic hydroxyl groups excluding tert-OH is 1. The lowest BCUT2D eigenvalue weighted by atomic mass is 9.85. The summed E-state index contributed by atoms with van der Waals surface area (Å²) < 4.78 is 11.0. The van der Waals surface area contributed by atoms with E-state index < -0.39 is 5.60 Å². The molecule has 0 heterocycles. The largest absolute Gasteiger partial charge is 0.493 e. The topological polar surface area (TPSA) is 58.9 Å². The van der Waals surface area contributed by atoms with Crippen molar-refractivity contribution in [2.45, 2.75) is 44.3 Å². The Morgan fingerprint density at radius 3 is 2.55 bits per heavy atom. The minimum Gasteiger partial charge on any atom is -0.493 e. The summed E-state index contributed by atoms with van der Waals surface area (Å²) in [5, 5.41) is 20.0. The van der Waals surface area contributed by atoms with Gasteiger partial charge in [0.15, 0.2) is 11.5 Å². The molecule has 1 aliphatic rings. The van der Waals surface area contributed by atoms with Gasteiger partial charge in [0.2, 0.25) is 0 Å². The summed E-state index contributed by atoms with van der Waals surface area (Å²) in [5.74, 6) is 0.895. The molecule has 5 heteroatoms. The molecule has 2 rings (SSSR count). The third-order valence-electron chi connectivity index (χ3n) is 3.74. The Bertz CT molecular complexity index is 455. The van der Waals surface area contributed by atoms with Crippen LogP contribution in [0.5, 0.6) is 11.5 Å². The van der Waals surface area contributed by atoms with Gasteiger partial charge in [-0.25, -0.2) is 0 Å². The average molecular weight is 301 g/mol. The highest BCUT2D eigenvalue weighted by atomic mass is 35.5. The molecule has 0 radical (unpaired) electrons. The van der Waals surface area contributed by atoms with E-state index >= 15 is 0 Å². The molecule has 0 saturated heterocycles. The predicted molar refractivity (Wildman–Crippen MR) is 77.5 cm³/mol. The fraction of sp³-hybridized carbons (Fsp3) is 0.600. The lowest BCUT2D eigenvalue weighted by molar-refractivity contribution is -0.0343. The normalized spacial score (nSPS) is 17.8. The van der Waals surface area contributed by atoms with Gasteiger partial charge in [0.05, 0.1) is 24.3 Å². The Morgan fingerprint density at radius 1 is 1.25 bits per heavy atom. The van der Waals surface area contributed by atoms with E-state index in [0.29, 0.717) is 22.1 Å². The molecule has 0 aromatic heterocycles. The number of rotatable bonds is 5. The van der Waals surface area contributed by atoms with Crippen LogP contribution in [0.1, 0.15) is 37.7 Å². The molecule has 0 aliphatic heterocycles. The number of halogens is 1. The van der Waals surface area contributed by atoms with Crippen LogP contribution >= 0.6 is 11.6 Å². The molecule has 0 bridgehead atoms. The first-order valence-electron chi connectivity index (χ1n) is 6.90. The van der Waals surface area contributed by atoms with Gasteiger partial charge in [-0.05, 0) is 30.5 Å². The first-order valence-corrected chi connectivity index (χ1v) is 7.28. The van der Waals surface area contributed by atoms with Gasteiger partial charge >= 0.3 is 0 Å². The molecule has 1 aromatic rings. The molecule has 112 valence electrons. The summed E-state index contributed by atoms with van der Waals surface area (Å²) >= 11 is 6.16. The highest BCUT2D eigenvalue weighted by Crippen LogP contribution is 2.38. The molecule has 0 atom stereocenters. The SMILES string of the molecule is COc1cc(CO)cc(Cl)c1OCC1(O)CCCCC1. The number of benzene rings is 1. The van der Waals surface area contributed by atoms with Crippen molar-refractivity contribution in [3.05, 3.63) is 22.7 Å². The van der Waals surface area contributed by atoms with Gasteiger partial charge in [-0.3, -0.25) is 0 Å². The van der Waals surface area contributed by atoms with Crippen LogP contribution in [0.25, 0.3) is 0 Å². The summed E-state index contributed by atoms with van der Waals surface area (Å²) in [5.41, 5.74) is -0.113. The van der Waals surface area contributed by atoms with Gasteiger partial charge < -0.3 is 19.7 Å². The van der Waals surface area contributed by atoms with Crippen LogP contribution in [0, 0.1) is 0 Å². The van der Waals surface area contributed by atoms with Crippen molar-refractivity contribution >= 4 is 11.6 Å². The molecular formula is C15H21ClO4. The van der Waals surface area contributed by atoms with Gasteiger partial charge in [0.1, 0.15) is 6.61 Å². The Labute approximate surface area is 124 Å². The Kier molecular flexibility index (Phi) is 5.13. The smallest absolute Gasteiger partial charge is 0.179 e. The third-order valence-corrected chi connectivity index (χ3v) is 4.02. The van der Waals surface area contributed by atoms with Crippen LogP contribution in [0.15, 0.2) is 12.1 Å². The van der Waals surface area contributed by atoms with Gasteiger partial charge in [-0.1, -0.05) is 30.9 Å². The van der Waals surface area contributed by atoms with Crippen molar-refractivity contribution in [3.63, 3.8) is 0 Å². The van der Waals surface area contributed by atoms with Crippen molar-refractivity contribution in [2.75, 3.05) is 13.7 Å². The Morgan fingerprint density at radius 2 is 1.95 bits per heavy atom. The van der Waals surface area contributed by atoms with Crippen LogP contribution in [0.4, 0.5) is 0 Å². The number of aliphatic hydroxyl groups is 2. The Balaban J connectivity index is 2.12. The van der Waals surface area contributed by atoms with Crippen molar-refractivity contribution in [1.29, 1.82) is 0 Å². The van der Waals surface area contributed by atoms with E-state index in [1.54, 1.807) is 12.1 Å². The Hall–Kier alpha value is -0.970. The molecule has 1 aromatic carbocycles. The van der Waals surface area contributed by atoms with Crippen molar-refractivity contribution in [3.8, 4) is 11.5 Å². The van der Waals surface area contributed by atoms with Crippen LogP contribution in [-0.2, 0) is 6.61 Å². The standard InChI is InChI=1S/C15H21ClO4/c1-19-13-8-11(9-17)7-12(16)14(13)20-10-15(18)5-3-2-4-6-15/h7-8,17-18H,2-6,9-10H2,1H3. The minimum absolute atomic E-state index is 0.111. The quantitative estimate of drug-likeness (QED) is 0.878. The van der Waals surface area contributed by atoms with Crippen LogP contribution in [-0.4, -0.2) is 29.5 Å². The van der Waals surface area contributed by atoms with Crippen LogP contribution < -0.4 is 9.47 Å². The van der Waals surface area contributed by atoms with E-state index in [4.69, 9.17) is 26.2 Å². The second-order valence-corrected chi connectivity index (χ2v) is 5.75. The zero-order valence-corrected chi connectivity index (χ0v) is 12.4. The lowest BCUT2D eigenvalue weighted by Gasteiger charge is -2.32. The van der Waals surface area contributed by atoms with Gasteiger partial charge in [0, 0.05) is 0 Å². The van der Waals surface area contributed by atoms with Crippen molar-refractivity contribution in [2.24, 2.45) is 0 Å². The van der Waals surface area contributed by atoms with Gasteiger partial charge in [0.25, 0.3) is 0 Å². The van der Waals surface area contributed by atoms with E-state index in [-0.39, 0.29) is 13.2 Å². The molecule has 0 spiro atoms. The zero-order chi connectivity index (χ0) is 14.6. The second-order valence-electron chi connectivity index (χ2n) is 5.34. The molecule has 1 fully saturated rings. The summed E-state index contributed by atoms with van der Waals surface area (Å²) in [6.45, 7) is 0.0991. The number of methoxy groups -OCH3 is 1. The van der Waals surface area contributed by atoms with E-state index in [9.17, 15) is 5.11 Å². The summed E-state index contributed by atoms with van der Waals surface area (Å²) in [6, 6.07) is 3.33. The lowest BCUT2D eigenvalue weighted by Crippen LogP contribution is -2.38.